The van der Waals surface area contributed by atoms with Gasteiger partial charge in [-0.2, -0.15) is 10.5 Å². The van der Waals surface area contributed by atoms with Crippen LogP contribution in [0.4, 0.5) is 0 Å². The van der Waals surface area contributed by atoms with Gasteiger partial charge in [-0.3, -0.25) is 9.78 Å². The zero-order valence-electron chi connectivity index (χ0n) is 8.62. The Morgan fingerprint density at radius 3 is 2.20 bits per heavy atom. The van der Waals surface area contributed by atoms with Gasteiger partial charge in [0.1, 0.15) is 0 Å². The lowest BCUT2D eigenvalue weighted by molar-refractivity contribution is -0.188. The smallest absolute Gasteiger partial charge is 0.204 e. The van der Waals surface area contributed by atoms with Gasteiger partial charge >= 0.3 is 0 Å². The van der Waals surface area contributed by atoms with Crippen molar-refractivity contribution in [1.82, 2.24) is 10.6 Å². The molecule has 4 N–H and O–H groups in total. The molecule has 0 aromatic heterocycles. The summed E-state index contributed by atoms with van der Waals surface area (Å²) in [5.74, 6) is 0.896. The molecule has 2 rings (SSSR count). The van der Waals surface area contributed by atoms with Crippen molar-refractivity contribution in [2.24, 2.45) is 5.92 Å². The highest BCUT2D eigenvalue weighted by Crippen LogP contribution is 2.30. The lowest BCUT2D eigenvalue weighted by Crippen LogP contribution is -2.65. The molecule has 0 saturated carbocycles. The van der Waals surface area contributed by atoms with Gasteiger partial charge in [0, 0.05) is 18.6 Å². The second-order valence-corrected chi connectivity index (χ2v) is 3.75. The maximum absolute atomic E-state index is 7.33. The van der Waals surface area contributed by atoms with Gasteiger partial charge < -0.3 is 10.6 Å². The Morgan fingerprint density at radius 2 is 2.00 bits per heavy atom. The van der Waals surface area contributed by atoms with Crippen LogP contribution in [0.5, 0.6) is 0 Å². The van der Waals surface area contributed by atoms with Gasteiger partial charge in [-0.05, 0) is 18.9 Å². The summed E-state index contributed by atoms with van der Waals surface area (Å²) in [6.45, 7) is 5.96. The summed E-state index contributed by atoms with van der Waals surface area (Å²) in [6, 6.07) is 0. The molecule has 0 amide bonds. The molecule has 2 fully saturated rings. The Morgan fingerprint density at radius 1 is 1.33 bits per heavy atom. The van der Waals surface area contributed by atoms with Crippen molar-refractivity contribution in [3.05, 3.63) is 0 Å². The van der Waals surface area contributed by atoms with E-state index in [-0.39, 0.29) is 0 Å². The van der Waals surface area contributed by atoms with Crippen LogP contribution in [0, 0.1) is 18.1 Å². The Kier molecular flexibility index (Phi) is 4.65. The molecule has 0 bridgehead atoms. The largest absolute Gasteiger partial charge is 0.315 e. The van der Waals surface area contributed by atoms with Crippen LogP contribution in [0.3, 0.4) is 0 Å². The van der Waals surface area contributed by atoms with Crippen LogP contribution in [0.1, 0.15) is 13.3 Å². The van der Waals surface area contributed by atoms with E-state index in [4.69, 9.17) is 10.5 Å². The highest BCUT2D eigenvalue weighted by atomic mass is 17.1. The molecule has 86 valence electrons. The quantitative estimate of drug-likeness (QED) is 0.256. The second kappa shape index (κ2) is 5.78. The van der Waals surface area contributed by atoms with E-state index < -0.39 is 0 Å². The van der Waals surface area contributed by atoms with Gasteiger partial charge in [-0.25, -0.2) is 0 Å². The van der Waals surface area contributed by atoms with Crippen molar-refractivity contribution in [3.8, 4) is 12.2 Å². The molecule has 15 heavy (non-hydrogen) atoms. The first-order valence-corrected chi connectivity index (χ1v) is 4.82. The summed E-state index contributed by atoms with van der Waals surface area (Å²) in [5.41, 5.74) is 0.514. The molecular weight excluding hydrogens is 200 g/mol. The summed E-state index contributed by atoms with van der Waals surface area (Å²) >= 11 is 0. The second-order valence-electron chi connectivity index (χ2n) is 3.75. The number of hydrogen-bond acceptors (Lipinski definition) is 6. The Labute approximate surface area is 88.4 Å². The molecule has 6 nitrogen and oxygen atoms in total. The van der Waals surface area contributed by atoms with Gasteiger partial charge in [0.2, 0.25) is 12.2 Å². The van der Waals surface area contributed by atoms with Crippen LogP contribution in [0.25, 0.3) is 0 Å². The highest BCUT2D eigenvalue weighted by molar-refractivity contribution is 5.06. The maximum Gasteiger partial charge on any atom is 0.204 e. The first-order chi connectivity index (χ1) is 7.25. The van der Waals surface area contributed by atoms with Gasteiger partial charge in [0.05, 0.1) is 0 Å². The van der Waals surface area contributed by atoms with E-state index in [0.717, 1.165) is 5.92 Å². The Hall–Kier alpha value is -1.00. The van der Waals surface area contributed by atoms with Crippen molar-refractivity contribution < 1.29 is 20.3 Å². The van der Waals surface area contributed by atoms with E-state index in [9.17, 15) is 0 Å². The van der Waals surface area contributed by atoms with E-state index >= 15 is 0 Å². The van der Waals surface area contributed by atoms with E-state index in [1.165, 1.54) is 38.3 Å². The van der Waals surface area contributed by atoms with Crippen LogP contribution < -0.4 is 10.6 Å². The van der Waals surface area contributed by atoms with Crippen LogP contribution >= 0.6 is 0 Å². The zero-order chi connectivity index (χ0) is 11.1. The third kappa shape index (κ3) is 2.97. The van der Waals surface area contributed by atoms with E-state index in [2.05, 4.69) is 27.3 Å². The van der Waals surface area contributed by atoms with Crippen molar-refractivity contribution in [2.75, 3.05) is 19.6 Å². The first kappa shape index (κ1) is 12.1. The minimum absolute atomic E-state index is 0.514. The van der Waals surface area contributed by atoms with Crippen LogP contribution in [-0.2, 0) is 9.78 Å². The maximum atomic E-state index is 7.33. The fourth-order valence-corrected chi connectivity index (χ4v) is 1.91. The van der Waals surface area contributed by atoms with Crippen LogP contribution in [0.2, 0.25) is 0 Å². The Balaban J connectivity index is 0.000000167. The minimum Gasteiger partial charge on any atom is -0.315 e. The molecule has 0 aromatic rings. The molecule has 2 atom stereocenters. The van der Waals surface area contributed by atoms with Crippen molar-refractivity contribution >= 4 is 0 Å². The van der Waals surface area contributed by atoms with E-state index in [0.29, 0.717) is 5.54 Å². The standard InChI is InChI=1S/C7H14N2.C2H2O4/c1-6-4-9-7(6)2-3-8-5-7;3-5-1-2-6-4/h6,8-9H,2-5H2,1H3;3-4H/t6-,7-;/m0./s1. The summed E-state index contributed by atoms with van der Waals surface area (Å²) in [4.78, 5) is 6.27. The summed E-state index contributed by atoms with van der Waals surface area (Å²) < 4.78 is 0. The molecule has 2 aliphatic heterocycles. The van der Waals surface area contributed by atoms with Crippen molar-refractivity contribution in [3.63, 3.8) is 0 Å². The molecular formula is C9H16N2O4. The van der Waals surface area contributed by atoms with Crippen molar-refractivity contribution in [1.29, 1.82) is 0 Å². The average molecular weight is 216 g/mol. The lowest BCUT2D eigenvalue weighted by Gasteiger charge is -2.46. The zero-order valence-corrected chi connectivity index (χ0v) is 8.62. The van der Waals surface area contributed by atoms with Crippen LogP contribution in [0.15, 0.2) is 0 Å². The molecule has 0 aromatic carbocycles. The van der Waals surface area contributed by atoms with Crippen LogP contribution in [-0.4, -0.2) is 35.7 Å². The summed E-state index contributed by atoms with van der Waals surface area (Å²) in [5, 5.41) is 21.6. The molecule has 0 radical (unpaired) electrons. The third-order valence-corrected chi connectivity index (χ3v) is 3.02. The summed E-state index contributed by atoms with van der Waals surface area (Å²) in [7, 11) is 0. The topological polar surface area (TPSA) is 83.0 Å². The monoisotopic (exact) mass is 216 g/mol. The predicted molar refractivity (Wildman–Crippen MR) is 52.6 cm³/mol. The number of hydrogen-bond donors (Lipinski definition) is 4. The molecule has 6 heteroatoms. The molecule has 0 aliphatic carbocycles. The minimum atomic E-state index is 0.514. The molecule has 2 heterocycles. The average Bonchev–Trinajstić information content (AvgIpc) is 2.76. The lowest BCUT2D eigenvalue weighted by atomic mass is 9.77. The van der Waals surface area contributed by atoms with Crippen molar-refractivity contribution in [2.45, 2.75) is 18.9 Å². The molecule has 2 aliphatic rings. The number of rotatable bonds is 0. The normalized spacial score (nSPS) is 31.8. The Bertz CT molecular complexity index is 234. The predicted octanol–water partition coefficient (Wildman–Crippen LogP) is -0.158. The molecule has 2 saturated heterocycles. The molecule has 0 unspecified atom stereocenters. The fraction of sp³-hybridized carbons (Fsp3) is 0.778. The van der Waals surface area contributed by atoms with Gasteiger partial charge in [-0.15, -0.1) is 0 Å². The highest BCUT2D eigenvalue weighted by Gasteiger charge is 2.45. The van der Waals surface area contributed by atoms with Gasteiger partial charge in [-0.1, -0.05) is 6.92 Å². The summed E-state index contributed by atoms with van der Waals surface area (Å²) in [6.07, 6.45) is 4.39. The van der Waals surface area contributed by atoms with E-state index in [1.54, 1.807) is 0 Å². The van der Waals surface area contributed by atoms with Gasteiger partial charge in [0.15, 0.2) is 0 Å². The fourth-order valence-electron chi connectivity index (χ4n) is 1.91. The van der Waals surface area contributed by atoms with E-state index in [1.807, 2.05) is 0 Å². The molecule has 1 spiro atoms. The first-order valence-electron chi connectivity index (χ1n) is 4.82. The van der Waals surface area contributed by atoms with Gasteiger partial charge in [0.25, 0.3) is 0 Å². The SMILES string of the molecule is C[C@H]1CN[C@]12CCNC2.OOC#COO. The number of nitrogens with one attached hydrogen (secondary N) is 2. The third-order valence-electron chi connectivity index (χ3n) is 3.02.